The van der Waals surface area contributed by atoms with E-state index in [1.807, 2.05) is 23.1 Å². The number of aromatic nitrogens is 1. The molecule has 0 unspecified atom stereocenters. The Labute approximate surface area is 152 Å². The summed E-state index contributed by atoms with van der Waals surface area (Å²) in [7, 11) is 1.56. The van der Waals surface area contributed by atoms with Crippen LogP contribution in [0, 0.1) is 0 Å². The number of nitrogens with zero attached hydrogens (tertiary/aromatic N) is 2. The van der Waals surface area contributed by atoms with Gasteiger partial charge >= 0.3 is 0 Å². The molecule has 0 saturated heterocycles. The van der Waals surface area contributed by atoms with Gasteiger partial charge in [-0.15, -0.1) is 0 Å². The van der Waals surface area contributed by atoms with Crippen molar-refractivity contribution in [1.82, 2.24) is 9.47 Å². The lowest BCUT2D eigenvalue weighted by atomic mass is 10.2. The Morgan fingerprint density at radius 3 is 2.67 bits per heavy atom. The van der Waals surface area contributed by atoms with E-state index < -0.39 is 0 Å². The zero-order chi connectivity index (χ0) is 17.4. The Bertz CT molecular complexity index is 637. The third-order valence-electron chi connectivity index (χ3n) is 3.94. The molecule has 1 heterocycles. The summed E-state index contributed by atoms with van der Waals surface area (Å²) < 4.78 is 8.29. The van der Waals surface area contributed by atoms with Gasteiger partial charge in [-0.25, -0.2) is 0 Å². The van der Waals surface area contributed by atoms with Crippen LogP contribution < -0.4 is 0 Å². The van der Waals surface area contributed by atoms with E-state index in [1.165, 1.54) is 5.56 Å². The highest BCUT2D eigenvalue weighted by Gasteiger charge is 2.15. The van der Waals surface area contributed by atoms with E-state index in [4.69, 9.17) is 4.74 Å². The second-order valence-electron chi connectivity index (χ2n) is 5.86. The normalized spacial score (nSPS) is 10.8. The third-order valence-corrected chi connectivity index (χ3v) is 4.47. The molecule has 1 aromatic carbocycles. The van der Waals surface area contributed by atoms with E-state index in [2.05, 4.69) is 51.8 Å². The molecule has 0 radical (unpaired) electrons. The van der Waals surface area contributed by atoms with Crippen molar-refractivity contribution < 1.29 is 9.53 Å². The standard InChI is InChI=1S/C19H25BrN2O2/c1-3-4-11-22(19(23)15-24-2)14-18-6-5-12-21(18)13-16-7-9-17(20)10-8-16/h5-10,12H,3-4,11,13-15H2,1-2H3. The smallest absolute Gasteiger partial charge is 0.248 e. The first-order valence-electron chi connectivity index (χ1n) is 8.29. The van der Waals surface area contributed by atoms with Crippen LogP contribution in [-0.4, -0.2) is 35.6 Å². The maximum atomic E-state index is 12.3. The summed E-state index contributed by atoms with van der Waals surface area (Å²) in [5.41, 5.74) is 2.37. The first kappa shape index (κ1) is 18.7. The fourth-order valence-electron chi connectivity index (χ4n) is 2.58. The number of carbonyl (C=O) groups excluding carboxylic acids is 1. The van der Waals surface area contributed by atoms with Crippen molar-refractivity contribution in [3.05, 3.63) is 58.3 Å². The quantitative estimate of drug-likeness (QED) is 0.644. The lowest BCUT2D eigenvalue weighted by molar-refractivity contribution is -0.135. The fraction of sp³-hybridized carbons (Fsp3) is 0.421. The Balaban J connectivity index is 2.08. The van der Waals surface area contributed by atoms with Crippen LogP contribution in [0.15, 0.2) is 47.1 Å². The molecule has 5 heteroatoms. The highest BCUT2D eigenvalue weighted by molar-refractivity contribution is 9.10. The minimum atomic E-state index is 0.0438. The van der Waals surface area contributed by atoms with Gasteiger partial charge in [0.15, 0.2) is 0 Å². The number of carbonyl (C=O) groups is 1. The number of methoxy groups -OCH3 is 1. The molecule has 0 spiro atoms. The monoisotopic (exact) mass is 392 g/mol. The number of amides is 1. The van der Waals surface area contributed by atoms with E-state index >= 15 is 0 Å². The van der Waals surface area contributed by atoms with Gasteiger partial charge in [0.1, 0.15) is 6.61 Å². The van der Waals surface area contributed by atoms with Crippen LogP contribution in [0.1, 0.15) is 31.0 Å². The van der Waals surface area contributed by atoms with Crippen LogP contribution in [-0.2, 0) is 22.6 Å². The molecule has 0 N–H and O–H groups in total. The molecule has 0 saturated carbocycles. The van der Waals surface area contributed by atoms with Crippen molar-refractivity contribution in [2.75, 3.05) is 20.3 Å². The zero-order valence-corrected chi connectivity index (χ0v) is 16.0. The molecule has 0 aliphatic carbocycles. The summed E-state index contributed by atoms with van der Waals surface area (Å²) in [6.45, 7) is 4.45. The second kappa shape index (κ2) is 9.64. The van der Waals surface area contributed by atoms with Gasteiger partial charge in [-0.05, 0) is 36.2 Å². The lowest BCUT2D eigenvalue weighted by Crippen LogP contribution is -2.34. The summed E-state index contributed by atoms with van der Waals surface area (Å²) in [6.07, 6.45) is 4.13. The number of ether oxygens (including phenoxy) is 1. The van der Waals surface area contributed by atoms with Gasteiger partial charge in [-0.1, -0.05) is 41.4 Å². The van der Waals surface area contributed by atoms with Crippen molar-refractivity contribution >= 4 is 21.8 Å². The number of halogens is 1. The maximum absolute atomic E-state index is 12.3. The number of hydrogen-bond donors (Lipinski definition) is 0. The summed E-state index contributed by atoms with van der Waals surface area (Å²) in [5, 5.41) is 0. The number of hydrogen-bond acceptors (Lipinski definition) is 2. The van der Waals surface area contributed by atoms with Crippen LogP contribution in [0.3, 0.4) is 0 Å². The molecule has 0 fully saturated rings. The fourth-order valence-corrected chi connectivity index (χ4v) is 2.85. The molecule has 2 rings (SSSR count). The van der Waals surface area contributed by atoms with Crippen molar-refractivity contribution in [2.45, 2.75) is 32.9 Å². The molecule has 4 nitrogen and oxygen atoms in total. The predicted octanol–water partition coefficient (Wildman–Crippen LogP) is 4.07. The van der Waals surface area contributed by atoms with E-state index in [1.54, 1.807) is 7.11 Å². The highest BCUT2D eigenvalue weighted by atomic mass is 79.9. The van der Waals surface area contributed by atoms with Gasteiger partial charge in [-0.3, -0.25) is 4.79 Å². The molecular formula is C19H25BrN2O2. The molecule has 0 aliphatic heterocycles. The zero-order valence-electron chi connectivity index (χ0n) is 14.4. The van der Waals surface area contributed by atoms with Crippen molar-refractivity contribution in [1.29, 1.82) is 0 Å². The molecule has 130 valence electrons. The Hall–Kier alpha value is -1.59. The van der Waals surface area contributed by atoms with Gasteiger partial charge < -0.3 is 14.2 Å². The van der Waals surface area contributed by atoms with Crippen molar-refractivity contribution in [2.24, 2.45) is 0 Å². The minimum absolute atomic E-state index is 0.0438. The van der Waals surface area contributed by atoms with Gasteiger partial charge in [0.05, 0.1) is 6.54 Å². The summed E-state index contributed by atoms with van der Waals surface area (Å²) in [5.74, 6) is 0.0438. The summed E-state index contributed by atoms with van der Waals surface area (Å²) in [4.78, 5) is 14.2. The molecule has 0 atom stereocenters. The van der Waals surface area contributed by atoms with Gasteiger partial charge in [0.2, 0.25) is 5.91 Å². The number of rotatable bonds is 9. The maximum Gasteiger partial charge on any atom is 0.248 e. The molecular weight excluding hydrogens is 368 g/mol. The van der Waals surface area contributed by atoms with E-state index in [9.17, 15) is 4.79 Å². The van der Waals surface area contributed by atoms with Crippen molar-refractivity contribution in [3.63, 3.8) is 0 Å². The van der Waals surface area contributed by atoms with Gasteiger partial charge in [0.25, 0.3) is 0 Å². The SMILES string of the molecule is CCCCN(Cc1cccn1Cc1ccc(Br)cc1)C(=O)COC. The van der Waals surface area contributed by atoms with Crippen LogP contribution in [0.2, 0.25) is 0 Å². The van der Waals surface area contributed by atoms with Crippen LogP contribution in [0.5, 0.6) is 0 Å². The Morgan fingerprint density at radius 1 is 1.25 bits per heavy atom. The topological polar surface area (TPSA) is 34.5 Å². The number of unbranched alkanes of at least 4 members (excludes halogenated alkanes) is 1. The molecule has 1 amide bonds. The van der Waals surface area contributed by atoms with E-state index in [0.717, 1.165) is 36.1 Å². The molecule has 2 aromatic rings. The lowest BCUT2D eigenvalue weighted by Gasteiger charge is -2.23. The molecule has 24 heavy (non-hydrogen) atoms. The predicted molar refractivity (Wildman–Crippen MR) is 99.9 cm³/mol. The second-order valence-corrected chi connectivity index (χ2v) is 6.77. The van der Waals surface area contributed by atoms with Gasteiger partial charge in [-0.2, -0.15) is 0 Å². The first-order valence-corrected chi connectivity index (χ1v) is 9.08. The van der Waals surface area contributed by atoms with Crippen LogP contribution in [0.4, 0.5) is 0 Å². The molecule has 0 bridgehead atoms. The average molecular weight is 393 g/mol. The van der Waals surface area contributed by atoms with Gasteiger partial charge in [0, 0.05) is 36.6 Å². The van der Waals surface area contributed by atoms with Crippen LogP contribution in [0.25, 0.3) is 0 Å². The van der Waals surface area contributed by atoms with Crippen molar-refractivity contribution in [3.8, 4) is 0 Å². The first-order chi connectivity index (χ1) is 11.6. The molecule has 0 aliphatic rings. The summed E-state index contributed by atoms with van der Waals surface area (Å²) in [6, 6.07) is 12.4. The third kappa shape index (κ3) is 5.49. The minimum Gasteiger partial charge on any atom is -0.375 e. The number of benzene rings is 1. The average Bonchev–Trinajstić information content (AvgIpc) is 3.00. The van der Waals surface area contributed by atoms with E-state index in [0.29, 0.717) is 6.54 Å². The molecule has 1 aromatic heterocycles. The Kier molecular flexibility index (Phi) is 7.53. The van der Waals surface area contributed by atoms with Crippen LogP contribution >= 0.6 is 15.9 Å². The highest BCUT2D eigenvalue weighted by Crippen LogP contribution is 2.14. The largest absolute Gasteiger partial charge is 0.375 e. The summed E-state index contributed by atoms with van der Waals surface area (Å²) >= 11 is 3.46. The van der Waals surface area contributed by atoms with E-state index in [-0.39, 0.29) is 12.5 Å². The Morgan fingerprint density at radius 2 is 2.00 bits per heavy atom.